The number of nitrogens with one attached hydrogen (secondary N) is 3. The van der Waals surface area contributed by atoms with Crippen LogP contribution in [0.3, 0.4) is 0 Å². The molecule has 1 aromatic rings. The minimum absolute atomic E-state index is 0.0239. The number of methoxy groups -OCH3 is 1. The topological polar surface area (TPSA) is 96.5 Å². The lowest BCUT2D eigenvalue weighted by molar-refractivity contribution is -0.141. The van der Waals surface area contributed by atoms with Gasteiger partial charge in [-0.1, -0.05) is 18.2 Å². The van der Waals surface area contributed by atoms with E-state index in [1.165, 1.54) is 7.11 Å². The number of ether oxygens (including phenoxy) is 1. The predicted octanol–water partition coefficient (Wildman–Crippen LogP) is -0.0903. The van der Waals surface area contributed by atoms with Crippen LogP contribution in [-0.2, 0) is 20.8 Å². The van der Waals surface area contributed by atoms with Crippen molar-refractivity contribution in [3.8, 4) is 5.75 Å². The zero-order valence-corrected chi connectivity index (χ0v) is 12.2. The maximum absolute atomic E-state index is 11.7. The summed E-state index contributed by atoms with van der Waals surface area (Å²) < 4.78 is 5.12. The van der Waals surface area contributed by atoms with Crippen LogP contribution in [0.15, 0.2) is 24.3 Å². The van der Waals surface area contributed by atoms with E-state index in [0.717, 1.165) is 0 Å². The molecule has 1 aromatic carbocycles. The molecule has 0 saturated carbocycles. The molecular formula is C14H19N3O4. The van der Waals surface area contributed by atoms with Crippen molar-refractivity contribution < 1.29 is 19.1 Å². The first kappa shape index (κ1) is 16.5. The Labute approximate surface area is 123 Å². The molecule has 21 heavy (non-hydrogen) atoms. The smallest absolute Gasteiger partial charge is 0.327 e. The molecule has 0 spiro atoms. The first-order chi connectivity index (χ1) is 9.93. The Morgan fingerprint density at radius 1 is 1.10 bits per heavy atom. The van der Waals surface area contributed by atoms with E-state index >= 15 is 0 Å². The maximum atomic E-state index is 11.7. The van der Waals surface area contributed by atoms with Crippen molar-refractivity contribution in [1.29, 1.82) is 0 Å². The van der Waals surface area contributed by atoms with Crippen LogP contribution in [0, 0.1) is 0 Å². The molecular weight excluding hydrogens is 274 g/mol. The summed E-state index contributed by atoms with van der Waals surface area (Å²) in [6.45, 7) is 3.46. The number of hydrogen-bond acceptors (Lipinski definition) is 4. The van der Waals surface area contributed by atoms with Gasteiger partial charge in [0.15, 0.2) is 0 Å². The van der Waals surface area contributed by atoms with Crippen LogP contribution < -0.4 is 20.9 Å². The lowest BCUT2D eigenvalue weighted by atomic mass is 10.1. The predicted molar refractivity (Wildman–Crippen MR) is 76.3 cm³/mol. The normalized spacial score (nSPS) is 9.90. The third-order valence-corrected chi connectivity index (χ3v) is 2.48. The third-order valence-electron chi connectivity index (χ3n) is 2.48. The molecule has 0 atom stereocenters. The van der Waals surface area contributed by atoms with Gasteiger partial charge in [0, 0.05) is 11.6 Å². The fraction of sp³-hybridized carbons (Fsp3) is 0.357. The molecule has 7 nitrogen and oxygen atoms in total. The third kappa shape index (κ3) is 5.52. The molecule has 0 aromatic heterocycles. The van der Waals surface area contributed by atoms with Crippen LogP contribution in [0.25, 0.3) is 0 Å². The molecule has 0 radical (unpaired) electrons. The van der Waals surface area contributed by atoms with Gasteiger partial charge in [0.05, 0.1) is 13.5 Å². The maximum Gasteiger partial charge on any atom is 0.327 e. The zero-order valence-electron chi connectivity index (χ0n) is 12.2. The number of para-hydroxylation sites is 1. The Kier molecular flexibility index (Phi) is 6.19. The van der Waals surface area contributed by atoms with Gasteiger partial charge in [0.25, 0.3) is 0 Å². The average molecular weight is 293 g/mol. The molecule has 1 rings (SSSR count). The number of carbonyl (C=O) groups excluding carboxylic acids is 3. The first-order valence-corrected chi connectivity index (χ1v) is 6.45. The van der Waals surface area contributed by atoms with Gasteiger partial charge >= 0.3 is 11.8 Å². The highest BCUT2D eigenvalue weighted by Crippen LogP contribution is 2.17. The van der Waals surface area contributed by atoms with Crippen molar-refractivity contribution in [2.24, 2.45) is 0 Å². The van der Waals surface area contributed by atoms with Crippen LogP contribution in [0.5, 0.6) is 5.75 Å². The van der Waals surface area contributed by atoms with E-state index in [-0.39, 0.29) is 12.5 Å². The summed E-state index contributed by atoms with van der Waals surface area (Å²) in [5.74, 6) is -1.60. The van der Waals surface area contributed by atoms with Crippen molar-refractivity contribution in [2.75, 3.05) is 7.11 Å². The van der Waals surface area contributed by atoms with Crippen LogP contribution in [-0.4, -0.2) is 30.9 Å². The van der Waals surface area contributed by atoms with Crippen LogP contribution >= 0.6 is 0 Å². The van der Waals surface area contributed by atoms with Crippen molar-refractivity contribution in [1.82, 2.24) is 16.2 Å². The standard InChI is InChI=1S/C14H19N3O4/c1-9(2)15-13(19)14(20)17-16-12(18)8-10-6-4-5-7-11(10)21-3/h4-7,9H,8H2,1-3H3,(H,15,19)(H,16,18)(H,17,20). The number of hydrazine groups is 1. The Morgan fingerprint density at radius 3 is 2.38 bits per heavy atom. The molecule has 3 amide bonds. The highest BCUT2D eigenvalue weighted by Gasteiger charge is 2.15. The molecule has 0 aliphatic heterocycles. The molecule has 0 aliphatic rings. The van der Waals surface area contributed by atoms with Crippen LogP contribution in [0.4, 0.5) is 0 Å². The summed E-state index contributed by atoms with van der Waals surface area (Å²) in [7, 11) is 1.51. The van der Waals surface area contributed by atoms with Crippen LogP contribution in [0.2, 0.25) is 0 Å². The van der Waals surface area contributed by atoms with Gasteiger partial charge in [-0.2, -0.15) is 0 Å². The van der Waals surface area contributed by atoms with Gasteiger partial charge < -0.3 is 10.1 Å². The van der Waals surface area contributed by atoms with E-state index in [9.17, 15) is 14.4 Å². The quantitative estimate of drug-likeness (QED) is 0.534. The zero-order chi connectivity index (χ0) is 15.8. The number of rotatable bonds is 4. The molecule has 0 saturated heterocycles. The minimum atomic E-state index is -0.919. The minimum Gasteiger partial charge on any atom is -0.496 e. The average Bonchev–Trinajstić information content (AvgIpc) is 2.44. The molecule has 0 bridgehead atoms. The fourth-order valence-corrected chi connectivity index (χ4v) is 1.58. The molecule has 0 unspecified atom stereocenters. The molecule has 0 aliphatic carbocycles. The number of amides is 3. The van der Waals surface area contributed by atoms with E-state index in [1.807, 2.05) is 0 Å². The van der Waals surface area contributed by atoms with Gasteiger partial charge in [-0.25, -0.2) is 0 Å². The van der Waals surface area contributed by atoms with Crippen molar-refractivity contribution in [3.63, 3.8) is 0 Å². The summed E-state index contributed by atoms with van der Waals surface area (Å²) in [6.07, 6.45) is 0.0239. The highest BCUT2D eigenvalue weighted by atomic mass is 16.5. The summed E-state index contributed by atoms with van der Waals surface area (Å²) in [5.41, 5.74) is 4.91. The van der Waals surface area contributed by atoms with Gasteiger partial charge in [-0.15, -0.1) is 0 Å². The second kappa shape index (κ2) is 7.88. The van der Waals surface area contributed by atoms with Gasteiger partial charge in [-0.3, -0.25) is 25.2 Å². The summed E-state index contributed by atoms with van der Waals surface area (Å²) >= 11 is 0. The number of hydrogen-bond donors (Lipinski definition) is 3. The van der Waals surface area contributed by atoms with Crippen molar-refractivity contribution in [3.05, 3.63) is 29.8 Å². The Bertz CT molecular complexity index is 529. The SMILES string of the molecule is COc1ccccc1CC(=O)NNC(=O)C(=O)NC(C)C. The Balaban J connectivity index is 2.47. The molecule has 0 heterocycles. The number of carbonyl (C=O) groups is 3. The Morgan fingerprint density at radius 2 is 1.76 bits per heavy atom. The van der Waals surface area contributed by atoms with Crippen LogP contribution in [0.1, 0.15) is 19.4 Å². The fourth-order valence-electron chi connectivity index (χ4n) is 1.58. The van der Waals surface area contributed by atoms with E-state index in [4.69, 9.17) is 4.74 Å². The van der Waals surface area contributed by atoms with Gasteiger partial charge in [-0.05, 0) is 19.9 Å². The van der Waals surface area contributed by atoms with Crippen molar-refractivity contribution >= 4 is 17.7 Å². The Hall–Kier alpha value is -2.57. The molecule has 3 N–H and O–H groups in total. The largest absolute Gasteiger partial charge is 0.496 e. The lowest BCUT2D eigenvalue weighted by Gasteiger charge is -2.11. The van der Waals surface area contributed by atoms with E-state index in [0.29, 0.717) is 11.3 Å². The van der Waals surface area contributed by atoms with Gasteiger partial charge in [0.1, 0.15) is 5.75 Å². The molecule has 7 heteroatoms. The second-order valence-electron chi connectivity index (χ2n) is 4.62. The highest BCUT2D eigenvalue weighted by molar-refractivity contribution is 6.35. The van der Waals surface area contributed by atoms with E-state index in [1.54, 1.807) is 38.1 Å². The molecule has 0 fully saturated rings. The summed E-state index contributed by atoms with van der Waals surface area (Å²) in [6, 6.07) is 6.88. The van der Waals surface area contributed by atoms with E-state index in [2.05, 4.69) is 16.2 Å². The monoisotopic (exact) mass is 293 g/mol. The van der Waals surface area contributed by atoms with Crippen molar-refractivity contribution in [2.45, 2.75) is 26.3 Å². The summed E-state index contributed by atoms with van der Waals surface area (Å²) in [4.78, 5) is 34.4. The second-order valence-corrected chi connectivity index (χ2v) is 4.62. The van der Waals surface area contributed by atoms with Gasteiger partial charge in [0.2, 0.25) is 5.91 Å². The van der Waals surface area contributed by atoms with E-state index < -0.39 is 17.7 Å². The summed E-state index contributed by atoms with van der Waals surface area (Å²) in [5, 5.41) is 2.41. The molecule has 114 valence electrons. The lowest BCUT2D eigenvalue weighted by Crippen LogP contribution is -2.50. The first-order valence-electron chi connectivity index (χ1n) is 6.45. The number of benzene rings is 1.